The average Bonchev–Trinajstić information content (AvgIpc) is 2.99. The van der Waals surface area contributed by atoms with Crippen molar-refractivity contribution in [3.8, 4) is 11.5 Å². The summed E-state index contributed by atoms with van der Waals surface area (Å²) < 4.78 is 29.4. The van der Waals surface area contributed by atoms with Crippen LogP contribution in [-0.4, -0.2) is 59.8 Å². The van der Waals surface area contributed by atoms with Crippen LogP contribution >= 0.6 is 11.8 Å². The van der Waals surface area contributed by atoms with Crippen molar-refractivity contribution in [2.45, 2.75) is 56.2 Å². The molecule has 3 rings (SSSR count). The van der Waals surface area contributed by atoms with Crippen molar-refractivity contribution in [2.75, 3.05) is 40.3 Å². The van der Waals surface area contributed by atoms with Gasteiger partial charge in [-0.05, 0) is 59.1 Å². The molecule has 228 valence electrons. The molecule has 0 aliphatic heterocycles. The van der Waals surface area contributed by atoms with E-state index in [4.69, 9.17) is 23.4 Å². The summed E-state index contributed by atoms with van der Waals surface area (Å²) in [5, 5.41) is -0.00173. The van der Waals surface area contributed by atoms with Crippen molar-refractivity contribution in [1.29, 1.82) is 0 Å². The van der Waals surface area contributed by atoms with Gasteiger partial charge in [-0.15, -0.1) is 0 Å². The highest BCUT2D eigenvalue weighted by molar-refractivity contribution is 7.99. The number of benzene rings is 3. The second-order valence-electron chi connectivity index (χ2n) is 11.7. The molecule has 0 fully saturated rings. The van der Waals surface area contributed by atoms with Gasteiger partial charge in [-0.1, -0.05) is 75.4 Å². The van der Waals surface area contributed by atoms with E-state index in [9.17, 15) is 4.79 Å². The largest absolute Gasteiger partial charge is 0.497 e. The Balaban J connectivity index is 1.98. The Kier molecular flexibility index (Phi) is 12.1. The first-order valence-electron chi connectivity index (χ1n) is 14.3. The molecular formula is C34H46O6SSi. The molecule has 0 spiro atoms. The predicted octanol–water partition coefficient (Wildman–Crippen LogP) is 7.70. The van der Waals surface area contributed by atoms with Gasteiger partial charge < -0.3 is 23.4 Å². The van der Waals surface area contributed by atoms with Crippen LogP contribution in [0, 0.1) is 0 Å². The number of hydrogen-bond acceptors (Lipinski definition) is 7. The van der Waals surface area contributed by atoms with Crippen LogP contribution in [0.5, 0.6) is 11.5 Å². The van der Waals surface area contributed by atoms with E-state index < -0.39 is 13.9 Å². The molecule has 3 aromatic carbocycles. The van der Waals surface area contributed by atoms with Gasteiger partial charge in [0.15, 0.2) is 8.32 Å². The number of methoxy groups -OCH3 is 3. The molecule has 1 atom stereocenters. The predicted molar refractivity (Wildman–Crippen MR) is 174 cm³/mol. The standard InChI is InChI=1S/C34H46O6SSi/c1-33(2,3)42(7,8)40-22-23-41-31(24-32(35)38-6)25-39-34(26-12-10-9-11-13-26,27-14-18-29(36-4)19-15-27)28-16-20-30(37-5)21-17-28/h9-21,31H,22-25H2,1-8H3. The number of carbonyl (C=O) groups excluding carboxylic acids is 1. The molecular weight excluding hydrogens is 565 g/mol. The lowest BCUT2D eigenvalue weighted by atomic mass is 9.80. The number of esters is 1. The molecule has 0 radical (unpaired) electrons. The highest BCUT2D eigenvalue weighted by Crippen LogP contribution is 2.42. The van der Waals surface area contributed by atoms with Gasteiger partial charge in [0.2, 0.25) is 0 Å². The van der Waals surface area contributed by atoms with Crippen LogP contribution in [0.3, 0.4) is 0 Å². The zero-order valence-electron chi connectivity index (χ0n) is 26.3. The number of carbonyl (C=O) groups is 1. The van der Waals surface area contributed by atoms with Crippen molar-refractivity contribution >= 4 is 26.0 Å². The molecule has 0 saturated carbocycles. The minimum atomic E-state index is -1.87. The summed E-state index contributed by atoms with van der Waals surface area (Å²) >= 11 is 1.69. The quantitative estimate of drug-likeness (QED) is 0.0756. The molecule has 8 heteroatoms. The molecule has 0 heterocycles. The van der Waals surface area contributed by atoms with E-state index in [0.717, 1.165) is 33.9 Å². The van der Waals surface area contributed by atoms with E-state index in [1.807, 2.05) is 66.7 Å². The Hall–Kier alpha value is -2.78. The summed E-state index contributed by atoms with van der Waals surface area (Å²) in [6.45, 7) is 12.2. The first kappa shape index (κ1) is 33.7. The fourth-order valence-corrected chi connectivity index (χ4v) is 6.58. The zero-order chi connectivity index (χ0) is 30.8. The van der Waals surface area contributed by atoms with Crippen LogP contribution in [0.25, 0.3) is 0 Å². The van der Waals surface area contributed by atoms with Crippen molar-refractivity contribution in [3.05, 3.63) is 95.6 Å². The van der Waals surface area contributed by atoms with Crippen molar-refractivity contribution in [3.63, 3.8) is 0 Å². The Bertz CT molecular complexity index is 1190. The number of hydrogen-bond donors (Lipinski definition) is 0. The zero-order valence-corrected chi connectivity index (χ0v) is 28.1. The number of ether oxygens (including phenoxy) is 4. The molecule has 0 bridgehead atoms. The van der Waals surface area contributed by atoms with E-state index in [0.29, 0.717) is 13.2 Å². The Morgan fingerprint density at radius 3 is 1.74 bits per heavy atom. The number of rotatable bonds is 15. The van der Waals surface area contributed by atoms with Gasteiger partial charge in [-0.3, -0.25) is 4.79 Å². The molecule has 0 aliphatic rings. The van der Waals surface area contributed by atoms with E-state index in [-0.39, 0.29) is 22.7 Å². The molecule has 0 amide bonds. The lowest BCUT2D eigenvalue weighted by Crippen LogP contribution is -2.41. The minimum absolute atomic E-state index is 0.137. The lowest BCUT2D eigenvalue weighted by Gasteiger charge is -2.37. The van der Waals surface area contributed by atoms with Crippen molar-refractivity contribution in [1.82, 2.24) is 0 Å². The maximum Gasteiger partial charge on any atom is 0.306 e. The summed E-state index contributed by atoms with van der Waals surface area (Å²) in [7, 11) is 2.87. The van der Waals surface area contributed by atoms with E-state index >= 15 is 0 Å². The van der Waals surface area contributed by atoms with Gasteiger partial charge in [0.05, 0.1) is 34.4 Å². The monoisotopic (exact) mass is 610 g/mol. The molecule has 1 unspecified atom stereocenters. The molecule has 0 aliphatic carbocycles. The van der Waals surface area contributed by atoms with Crippen LogP contribution in [0.1, 0.15) is 43.9 Å². The third-order valence-electron chi connectivity index (χ3n) is 7.99. The Morgan fingerprint density at radius 1 is 0.786 bits per heavy atom. The van der Waals surface area contributed by atoms with Gasteiger partial charge in [-0.25, -0.2) is 0 Å². The van der Waals surface area contributed by atoms with Crippen LogP contribution < -0.4 is 9.47 Å². The summed E-state index contributed by atoms with van der Waals surface area (Å²) in [6.07, 6.45) is 0.233. The number of thioether (sulfide) groups is 1. The molecule has 6 nitrogen and oxygen atoms in total. The fraction of sp³-hybridized carbons (Fsp3) is 0.441. The van der Waals surface area contributed by atoms with Crippen LogP contribution in [0.2, 0.25) is 18.1 Å². The SMILES string of the molecule is COC(=O)CC(COC(c1ccccc1)(c1ccc(OC)cc1)c1ccc(OC)cc1)SCCO[Si](C)(C)C(C)(C)C. The molecule has 42 heavy (non-hydrogen) atoms. The van der Waals surface area contributed by atoms with Gasteiger partial charge in [-0.2, -0.15) is 11.8 Å². The fourth-order valence-electron chi connectivity index (χ4n) is 4.46. The molecule has 3 aromatic rings. The summed E-state index contributed by atoms with van der Waals surface area (Å²) in [4.78, 5) is 12.5. The summed E-state index contributed by atoms with van der Waals surface area (Å²) in [5.41, 5.74) is 1.92. The molecule has 0 aromatic heterocycles. The maximum absolute atomic E-state index is 12.5. The topological polar surface area (TPSA) is 63.2 Å². The van der Waals surface area contributed by atoms with Crippen LogP contribution in [0.4, 0.5) is 0 Å². The van der Waals surface area contributed by atoms with E-state index in [1.54, 1.807) is 26.0 Å². The third kappa shape index (κ3) is 8.40. The highest BCUT2D eigenvalue weighted by atomic mass is 32.2. The molecule has 0 N–H and O–H groups in total. The van der Waals surface area contributed by atoms with E-state index in [2.05, 4.69) is 46.0 Å². The van der Waals surface area contributed by atoms with Gasteiger partial charge in [0.1, 0.15) is 17.1 Å². The average molecular weight is 611 g/mol. The van der Waals surface area contributed by atoms with Gasteiger partial charge >= 0.3 is 5.97 Å². The second-order valence-corrected chi connectivity index (χ2v) is 17.9. The minimum Gasteiger partial charge on any atom is -0.497 e. The first-order chi connectivity index (χ1) is 20.0. The smallest absolute Gasteiger partial charge is 0.306 e. The summed E-state index contributed by atoms with van der Waals surface area (Å²) in [6, 6.07) is 26.1. The Morgan fingerprint density at radius 2 is 1.29 bits per heavy atom. The van der Waals surface area contributed by atoms with Gasteiger partial charge in [0, 0.05) is 17.6 Å². The lowest BCUT2D eigenvalue weighted by molar-refractivity contribution is -0.141. The van der Waals surface area contributed by atoms with Crippen molar-refractivity contribution in [2.24, 2.45) is 0 Å². The van der Waals surface area contributed by atoms with Crippen LogP contribution in [0.15, 0.2) is 78.9 Å². The highest BCUT2D eigenvalue weighted by Gasteiger charge is 2.39. The molecule has 0 saturated heterocycles. The third-order valence-corrected chi connectivity index (χ3v) is 13.7. The van der Waals surface area contributed by atoms with Crippen LogP contribution in [-0.2, 0) is 24.3 Å². The first-order valence-corrected chi connectivity index (χ1v) is 18.2. The Labute approximate surface area is 257 Å². The summed E-state index contributed by atoms with van der Waals surface area (Å²) in [5.74, 6) is 2.01. The second kappa shape index (κ2) is 15.1. The van der Waals surface area contributed by atoms with Gasteiger partial charge in [0.25, 0.3) is 0 Å². The normalized spacial score (nSPS) is 13.0. The maximum atomic E-state index is 12.5. The van der Waals surface area contributed by atoms with E-state index in [1.165, 1.54) is 7.11 Å². The van der Waals surface area contributed by atoms with Crippen molar-refractivity contribution < 1.29 is 28.2 Å².